The Morgan fingerprint density at radius 1 is 1.29 bits per heavy atom. The van der Waals surface area contributed by atoms with E-state index in [-0.39, 0.29) is 12.3 Å². The summed E-state index contributed by atoms with van der Waals surface area (Å²) in [5.41, 5.74) is 5.20. The highest BCUT2D eigenvalue weighted by molar-refractivity contribution is 5.98. The lowest BCUT2D eigenvalue weighted by Crippen LogP contribution is -2.30. The third-order valence-corrected chi connectivity index (χ3v) is 2.20. The molecule has 4 nitrogen and oxygen atoms in total. The maximum Gasteiger partial charge on any atom is 0.315 e. The minimum absolute atomic E-state index is 0.0953. The number of nitrogens with two attached hydrogens (primary N) is 1. The molecule has 0 amide bonds. The van der Waals surface area contributed by atoms with Crippen LogP contribution in [0.25, 0.3) is 0 Å². The fourth-order valence-electron chi connectivity index (χ4n) is 1.27. The molecule has 0 aliphatic heterocycles. The van der Waals surface area contributed by atoms with Gasteiger partial charge in [-0.15, -0.1) is 0 Å². The van der Waals surface area contributed by atoms with Crippen molar-refractivity contribution in [2.75, 3.05) is 6.54 Å². The fraction of sp³-hybridized carbons (Fsp3) is 0.800. The van der Waals surface area contributed by atoms with E-state index in [1.807, 2.05) is 0 Å². The van der Waals surface area contributed by atoms with E-state index in [1.165, 1.54) is 0 Å². The summed E-state index contributed by atoms with van der Waals surface area (Å²) in [6.07, 6.45) is 4.30. The van der Waals surface area contributed by atoms with Crippen molar-refractivity contribution in [3.63, 3.8) is 0 Å². The molecule has 0 radical (unpaired) electrons. The Hall–Kier alpha value is -0.900. The van der Waals surface area contributed by atoms with Crippen LogP contribution in [0.2, 0.25) is 0 Å². The number of carbonyl (C=O) groups excluding carboxylic acids is 1. The summed E-state index contributed by atoms with van der Waals surface area (Å²) in [7, 11) is 0. The van der Waals surface area contributed by atoms with Gasteiger partial charge < -0.3 is 10.8 Å². The van der Waals surface area contributed by atoms with Crippen molar-refractivity contribution < 1.29 is 14.7 Å². The third-order valence-electron chi connectivity index (χ3n) is 2.20. The number of carboxylic acid groups (broad SMARTS) is 1. The van der Waals surface area contributed by atoms with E-state index >= 15 is 0 Å². The second kappa shape index (κ2) is 7.50. The molecule has 1 atom stereocenters. The molecule has 0 fully saturated rings. The maximum absolute atomic E-state index is 11.3. The van der Waals surface area contributed by atoms with Crippen molar-refractivity contribution in [3.05, 3.63) is 0 Å². The minimum Gasteiger partial charge on any atom is -0.481 e. The molecule has 14 heavy (non-hydrogen) atoms. The maximum atomic E-state index is 11.3. The average molecular weight is 201 g/mol. The van der Waals surface area contributed by atoms with Gasteiger partial charge in [0.25, 0.3) is 0 Å². The first-order chi connectivity index (χ1) is 6.63. The van der Waals surface area contributed by atoms with Gasteiger partial charge in [0.05, 0.1) is 0 Å². The quantitative estimate of drug-likeness (QED) is 0.456. The Balaban J connectivity index is 3.76. The van der Waals surface area contributed by atoms with Crippen LogP contribution in [0.15, 0.2) is 0 Å². The molecule has 0 spiro atoms. The van der Waals surface area contributed by atoms with Crippen LogP contribution >= 0.6 is 0 Å². The predicted octanol–water partition coefficient (Wildman–Crippen LogP) is 1.19. The highest BCUT2D eigenvalue weighted by Gasteiger charge is 2.23. The van der Waals surface area contributed by atoms with Crippen molar-refractivity contribution in [3.8, 4) is 0 Å². The van der Waals surface area contributed by atoms with Gasteiger partial charge in [-0.25, -0.2) is 0 Å². The van der Waals surface area contributed by atoms with E-state index in [4.69, 9.17) is 10.8 Å². The standard InChI is InChI=1S/C10H19NO3/c1-2-3-4-5-6-9(12)8(7-11)10(13)14/h8H,2-7,11H2,1H3,(H,13,14). The molecular formula is C10H19NO3. The van der Waals surface area contributed by atoms with Gasteiger partial charge in [0.15, 0.2) is 0 Å². The molecule has 0 aromatic carbocycles. The number of carboxylic acids is 1. The number of carbonyl (C=O) groups is 2. The van der Waals surface area contributed by atoms with E-state index in [1.54, 1.807) is 0 Å². The summed E-state index contributed by atoms with van der Waals surface area (Å²) in [6, 6.07) is 0. The van der Waals surface area contributed by atoms with E-state index in [0.717, 1.165) is 25.7 Å². The lowest BCUT2D eigenvalue weighted by atomic mass is 9.99. The zero-order valence-corrected chi connectivity index (χ0v) is 8.66. The molecule has 0 bridgehead atoms. The van der Waals surface area contributed by atoms with Gasteiger partial charge in [-0.1, -0.05) is 26.2 Å². The first-order valence-electron chi connectivity index (χ1n) is 5.09. The fourth-order valence-corrected chi connectivity index (χ4v) is 1.27. The van der Waals surface area contributed by atoms with Gasteiger partial charge in [-0.05, 0) is 6.42 Å². The van der Waals surface area contributed by atoms with Crippen LogP contribution in [0, 0.1) is 5.92 Å². The Morgan fingerprint density at radius 3 is 2.36 bits per heavy atom. The largest absolute Gasteiger partial charge is 0.481 e. The lowest BCUT2D eigenvalue weighted by Gasteiger charge is -2.07. The van der Waals surface area contributed by atoms with Crippen LogP contribution in [-0.4, -0.2) is 23.4 Å². The zero-order chi connectivity index (χ0) is 11.0. The predicted molar refractivity (Wildman–Crippen MR) is 53.9 cm³/mol. The summed E-state index contributed by atoms with van der Waals surface area (Å²) in [5.74, 6) is -2.35. The van der Waals surface area contributed by atoms with Gasteiger partial charge in [0.1, 0.15) is 11.7 Å². The second-order valence-electron chi connectivity index (χ2n) is 3.40. The average Bonchev–Trinajstić information content (AvgIpc) is 2.13. The Bertz CT molecular complexity index is 192. The number of unbranched alkanes of at least 4 members (excludes halogenated alkanes) is 3. The molecule has 0 aromatic heterocycles. The highest BCUT2D eigenvalue weighted by atomic mass is 16.4. The van der Waals surface area contributed by atoms with Crippen molar-refractivity contribution in [1.29, 1.82) is 0 Å². The SMILES string of the molecule is CCCCCCC(=O)C(CN)C(=O)O. The zero-order valence-electron chi connectivity index (χ0n) is 8.66. The molecule has 0 aliphatic rings. The smallest absolute Gasteiger partial charge is 0.315 e. The monoisotopic (exact) mass is 201 g/mol. The second-order valence-corrected chi connectivity index (χ2v) is 3.40. The molecule has 0 heterocycles. The molecular weight excluding hydrogens is 182 g/mol. The van der Waals surface area contributed by atoms with Crippen LogP contribution in [-0.2, 0) is 9.59 Å². The molecule has 4 heteroatoms. The van der Waals surface area contributed by atoms with Crippen LogP contribution in [0.1, 0.15) is 39.0 Å². The summed E-state index contributed by atoms with van der Waals surface area (Å²) in [6.45, 7) is 1.99. The van der Waals surface area contributed by atoms with Crippen LogP contribution in [0.3, 0.4) is 0 Å². The Kier molecular flexibility index (Phi) is 7.02. The molecule has 3 N–H and O–H groups in total. The minimum atomic E-state index is -1.10. The van der Waals surface area contributed by atoms with Crippen LogP contribution < -0.4 is 5.73 Å². The molecule has 82 valence electrons. The molecule has 0 saturated carbocycles. The molecule has 0 saturated heterocycles. The van der Waals surface area contributed by atoms with Crippen molar-refractivity contribution in [2.24, 2.45) is 11.7 Å². The number of rotatable bonds is 8. The third kappa shape index (κ3) is 4.97. The van der Waals surface area contributed by atoms with Crippen LogP contribution in [0.4, 0.5) is 0 Å². The van der Waals surface area contributed by atoms with Gasteiger partial charge in [0, 0.05) is 13.0 Å². The van der Waals surface area contributed by atoms with E-state index < -0.39 is 11.9 Å². The molecule has 1 unspecified atom stereocenters. The number of hydrogen-bond donors (Lipinski definition) is 2. The van der Waals surface area contributed by atoms with Gasteiger partial charge >= 0.3 is 5.97 Å². The summed E-state index contributed by atoms with van der Waals surface area (Å²) in [4.78, 5) is 21.9. The van der Waals surface area contributed by atoms with E-state index in [2.05, 4.69) is 6.92 Å². The van der Waals surface area contributed by atoms with Gasteiger partial charge in [0.2, 0.25) is 0 Å². The normalized spacial score (nSPS) is 12.4. The molecule has 0 rings (SSSR count). The summed E-state index contributed by atoms with van der Waals surface area (Å²) in [5, 5.41) is 8.65. The topological polar surface area (TPSA) is 80.4 Å². The molecule has 0 aliphatic carbocycles. The lowest BCUT2D eigenvalue weighted by molar-refractivity contribution is -0.145. The number of hydrogen-bond acceptors (Lipinski definition) is 3. The first-order valence-corrected chi connectivity index (χ1v) is 5.09. The van der Waals surface area contributed by atoms with Crippen molar-refractivity contribution in [1.82, 2.24) is 0 Å². The molecule has 0 aromatic rings. The van der Waals surface area contributed by atoms with Gasteiger partial charge in [-0.2, -0.15) is 0 Å². The van der Waals surface area contributed by atoms with Crippen LogP contribution in [0.5, 0.6) is 0 Å². The number of aliphatic carboxylic acids is 1. The van der Waals surface area contributed by atoms with Crippen molar-refractivity contribution in [2.45, 2.75) is 39.0 Å². The van der Waals surface area contributed by atoms with Crippen molar-refractivity contribution >= 4 is 11.8 Å². The Morgan fingerprint density at radius 2 is 1.93 bits per heavy atom. The summed E-state index contributed by atoms with van der Waals surface area (Å²) < 4.78 is 0. The number of Topliss-reactive ketones (excluding diaryl/α,β-unsaturated/α-hetero) is 1. The van der Waals surface area contributed by atoms with E-state index in [9.17, 15) is 9.59 Å². The summed E-state index contributed by atoms with van der Waals surface area (Å²) >= 11 is 0. The number of ketones is 1. The first kappa shape index (κ1) is 13.1. The van der Waals surface area contributed by atoms with E-state index in [0.29, 0.717) is 6.42 Å². The Labute approximate surface area is 84.5 Å². The van der Waals surface area contributed by atoms with Gasteiger partial charge in [-0.3, -0.25) is 9.59 Å². The highest BCUT2D eigenvalue weighted by Crippen LogP contribution is 2.07.